The fraction of sp³-hybridized carbons (Fsp3) is 0.636. The topological polar surface area (TPSA) is 61.4 Å². The van der Waals surface area contributed by atoms with Gasteiger partial charge in [-0.05, 0) is 62.6 Å². The van der Waals surface area contributed by atoms with E-state index in [1.54, 1.807) is 0 Å². The lowest BCUT2D eigenvalue weighted by Gasteiger charge is -2.33. The quantitative estimate of drug-likeness (QED) is 0.791. The first-order valence-corrected chi connectivity index (χ1v) is 10.5. The van der Waals surface area contributed by atoms with Gasteiger partial charge in [0.1, 0.15) is 0 Å². The SMILES string of the molecule is Cl.O=C(NC1CCN(C(=O)CCc2ccccc2)CC1)C1CC12CCNCC2. The summed E-state index contributed by atoms with van der Waals surface area (Å²) in [5.41, 5.74) is 1.51. The van der Waals surface area contributed by atoms with Crippen molar-refractivity contribution in [2.24, 2.45) is 11.3 Å². The molecule has 2 saturated heterocycles. The highest BCUT2D eigenvalue weighted by Gasteiger charge is 2.57. The molecular formula is C22H32ClN3O2. The summed E-state index contributed by atoms with van der Waals surface area (Å²) in [4.78, 5) is 27.0. The van der Waals surface area contributed by atoms with Crippen LogP contribution in [-0.4, -0.2) is 48.9 Å². The normalized spacial score (nSPS) is 23.7. The molecular weight excluding hydrogens is 374 g/mol. The molecule has 4 rings (SSSR count). The van der Waals surface area contributed by atoms with E-state index in [1.807, 2.05) is 23.1 Å². The molecule has 154 valence electrons. The molecule has 3 aliphatic rings. The second-order valence-electron chi connectivity index (χ2n) is 8.52. The van der Waals surface area contributed by atoms with Crippen LogP contribution in [0.5, 0.6) is 0 Å². The molecule has 0 radical (unpaired) electrons. The summed E-state index contributed by atoms with van der Waals surface area (Å²) in [6.07, 6.45) is 6.47. The standard InChI is InChI=1S/C22H31N3O2.ClH/c26-20(7-6-17-4-2-1-3-5-17)25-14-8-18(9-15-25)24-21(27)19-16-22(19)10-12-23-13-11-22;/h1-5,18-19,23H,6-16H2,(H,24,27);1H. The number of hydrogen-bond acceptors (Lipinski definition) is 3. The Bertz CT molecular complexity index is 668. The van der Waals surface area contributed by atoms with Gasteiger partial charge < -0.3 is 15.5 Å². The smallest absolute Gasteiger partial charge is 0.223 e. The number of halogens is 1. The van der Waals surface area contributed by atoms with Gasteiger partial charge in [0.25, 0.3) is 0 Å². The molecule has 1 atom stereocenters. The minimum atomic E-state index is 0. The zero-order valence-electron chi connectivity index (χ0n) is 16.5. The van der Waals surface area contributed by atoms with Crippen molar-refractivity contribution in [1.29, 1.82) is 0 Å². The number of carbonyl (C=O) groups excluding carboxylic acids is 2. The maximum Gasteiger partial charge on any atom is 0.223 e. The average molecular weight is 406 g/mol. The molecule has 5 nitrogen and oxygen atoms in total. The highest BCUT2D eigenvalue weighted by Crippen LogP contribution is 2.58. The molecule has 0 aromatic heterocycles. The van der Waals surface area contributed by atoms with Crippen LogP contribution in [0.2, 0.25) is 0 Å². The van der Waals surface area contributed by atoms with Crippen molar-refractivity contribution in [3.8, 4) is 0 Å². The number of carbonyl (C=O) groups is 2. The van der Waals surface area contributed by atoms with Gasteiger partial charge in [-0.3, -0.25) is 9.59 Å². The molecule has 28 heavy (non-hydrogen) atoms. The maximum atomic E-state index is 12.6. The van der Waals surface area contributed by atoms with Crippen LogP contribution in [0.1, 0.15) is 44.1 Å². The van der Waals surface area contributed by atoms with Crippen LogP contribution in [0.25, 0.3) is 0 Å². The molecule has 2 N–H and O–H groups in total. The summed E-state index contributed by atoms with van der Waals surface area (Å²) in [5.74, 6) is 0.718. The number of nitrogens with zero attached hydrogens (tertiary/aromatic N) is 1. The van der Waals surface area contributed by atoms with Gasteiger partial charge in [-0.25, -0.2) is 0 Å². The Kier molecular flexibility index (Phi) is 7.00. The van der Waals surface area contributed by atoms with E-state index in [4.69, 9.17) is 0 Å². The Hall–Kier alpha value is -1.59. The lowest BCUT2D eigenvalue weighted by molar-refractivity contribution is -0.132. The number of aryl methyl sites for hydroxylation is 1. The van der Waals surface area contributed by atoms with E-state index in [-0.39, 0.29) is 36.2 Å². The molecule has 2 amide bonds. The highest BCUT2D eigenvalue weighted by atomic mass is 35.5. The van der Waals surface area contributed by atoms with E-state index in [1.165, 1.54) is 5.56 Å². The first-order chi connectivity index (χ1) is 13.2. The Morgan fingerprint density at radius 2 is 1.79 bits per heavy atom. The van der Waals surface area contributed by atoms with Gasteiger partial charge in [0.2, 0.25) is 11.8 Å². The van der Waals surface area contributed by atoms with E-state index in [2.05, 4.69) is 22.8 Å². The molecule has 2 aliphatic heterocycles. The van der Waals surface area contributed by atoms with Gasteiger partial charge in [0.15, 0.2) is 0 Å². The summed E-state index contributed by atoms with van der Waals surface area (Å²) < 4.78 is 0. The molecule has 1 aliphatic carbocycles. The van der Waals surface area contributed by atoms with E-state index >= 15 is 0 Å². The van der Waals surface area contributed by atoms with Crippen molar-refractivity contribution in [3.63, 3.8) is 0 Å². The zero-order chi connectivity index (χ0) is 18.7. The highest BCUT2D eigenvalue weighted by molar-refractivity contribution is 5.85. The number of rotatable bonds is 5. The molecule has 6 heteroatoms. The molecule has 1 saturated carbocycles. The molecule has 1 aromatic carbocycles. The molecule has 1 aromatic rings. The first kappa shape index (κ1) is 21.1. The third-order valence-corrected chi connectivity index (χ3v) is 6.77. The van der Waals surface area contributed by atoms with Gasteiger partial charge in [0.05, 0.1) is 0 Å². The van der Waals surface area contributed by atoms with Crippen molar-refractivity contribution in [2.45, 2.75) is 51.0 Å². The zero-order valence-corrected chi connectivity index (χ0v) is 17.3. The minimum Gasteiger partial charge on any atom is -0.353 e. The number of amides is 2. The lowest BCUT2D eigenvalue weighted by atomic mass is 9.91. The second kappa shape index (κ2) is 9.27. The predicted molar refractivity (Wildman–Crippen MR) is 112 cm³/mol. The van der Waals surface area contributed by atoms with Crippen LogP contribution >= 0.6 is 12.4 Å². The largest absolute Gasteiger partial charge is 0.353 e. The van der Waals surface area contributed by atoms with Gasteiger partial charge >= 0.3 is 0 Å². The van der Waals surface area contributed by atoms with Crippen LogP contribution in [0.15, 0.2) is 30.3 Å². The molecule has 2 heterocycles. The van der Waals surface area contributed by atoms with Crippen LogP contribution in [0.3, 0.4) is 0 Å². The van der Waals surface area contributed by atoms with Gasteiger partial charge in [-0.1, -0.05) is 30.3 Å². The Morgan fingerprint density at radius 1 is 1.11 bits per heavy atom. The monoisotopic (exact) mass is 405 g/mol. The van der Waals surface area contributed by atoms with Crippen molar-refractivity contribution < 1.29 is 9.59 Å². The second-order valence-corrected chi connectivity index (χ2v) is 8.52. The van der Waals surface area contributed by atoms with Crippen molar-refractivity contribution in [1.82, 2.24) is 15.5 Å². The summed E-state index contributed by atoms with van der Waals surface area (Å²) >= 11 is 0. The minimum absolute atomic E-state index is 0. The van der Waals surface area contributed by atoms with Crippen LogP contribution < -0.4 is 10.6 Å². The summed E-state index contributed by atoms with van der Waals surface area (Å²) in [6.45, 7) is 3.62. The number of piperidine rings is 2. The van der Waals surface area contributed by atoms with Crippen molar-refractivity contribution in [2.75, 3.05) is 26.2 Å². The van der Waals surface area contributed by atoms with E-state index in [0.29, 0.717) is 11.8 Å². The van der Waals surface area contributed by atoms with E-state index in [9.17, 15) is 9.59 Å². The summed E-state index contributed by atoms with van der Waals surface area (Å²) in [6, 6.07) is 10.4. The van der Waals surface area contributed by atoms with Crippen LogP contribution in [0, 0.1) is 11.3 Å². The Morgan fingerprint density at radius 3 is 2.46 bits per heavy atom. The molecule has 1 unspecified atom stereocenters. The molecule has 0 bridgehead atoms. The third-order valence-electron chi connectivity index (χ3n) is 6.77. The Labute approximate surface area is 174 Å². The number of hydrogen-bond donors (Lipinski definition) is 2. The number of likely N-dealkylation sites (tertiary alicyclic amines) is 1. The molecule has 3 fully saturated rings. The molecule has 1 spiro atoms. The number of benzene rings is 1. The summed E-state index contributed by atoms with van der Waals surface area (Å²) in [7, 11) is 0. The fourth-order valence-electron chi connectivity index (χ4n) is 4.82. The van der Waals surface area contributed by atoms with Crippen LogP contribution in [-0.2, 0) is 16.0 Å². The Balaban J connectivity index is 0.00000225. The van der Waals surface area contributed by atoms with Gasteiger partial charge in [0, 0.05) is 31.5 Å². The van der Waals surface area contributed by atoms with Gasteiger partial charge in [-0.2, -0.15) is 0 Å². The van der Waals surface area contributed by atoms with Gasteiger partial charge in [-0.15, -0.1) is 12.4 Å². The fourth-order valence-corrected chi connectivity index (χ4v) is 4.82. The van der Waals surface area contributed by atoms with Crippen molar-refractivity contribution >= 4 is 24.2 Å². The number of nitrogens with one attached hydrogen (secondary N) is 2. The lowest BCUT2D eigenvalue weighted by Crippen LogP contribution is -2.47. The summed E-state index contributed by atoms with van der Waals surface area (Å²) in [5, 5.41) is 6.66. The van der Waals surface area contributed by atoms with Crippen LogP contribution in [0.4, 0.5) is 0 Å². The van der Waals surface area contributed by atoms with Crippen molar-refractivity contribution in [3.05, 3.63) is 35.9 Å². The van der Waals surface area contributed by atoms with E-state index in [0.717, 1.165) is 64.7 Å². The van der Waals surface area contributed by atoms with E-state index < -0.39 is 0 Å². The maximum absolute atomic E-state index is 12.6. The third kappa shape index (κ3) is 4.87. The first-order valence-electron chi connectivity index (χ1n) is 10.5. The average Bonchev–Trinajstić information content (AvgIpc) is 3.41. The predicted octanol–water partition coefficient (Wildman–Crippen LogP) is 2.54.